The molecule has 0 N–H and O–H groups in total. The molecule has 2 atom stereocenters. The minimum Gasteiger partial charge on any atom is -0.382 e. The van der Waals surface area contributed by atoms with E-state index in [1.54, 1.807) is 7.11 Å². The molecular weight excluding hydrogens is 186 g/mol. The lowest BCUT2D eigenvalue weighted by Crippen LogP contribution is -2.22. The van der Waals surface area contributed by atoms with Crippen molar-refractivity contribution < 1.29 is 4.74 Å². The summed E-state index contributed by atoms with van der Waals surface area (Å²) < 4.78 is 5.12. The van der Waals surface area contributed by atoms with Crippen molar-refractivity contribution >= 4 is 5.71 Å². The lowest BCUT2D eigenvalue weighted by atomic mass is 9.85. The van der Waals surface area contributed by atoms with Crippen LogP contribution in [0.15, 0.2) is 16.6 Å². The molecule has 0 amide bonds. The molecule has 0 bridgehead atoms. The third-order valence-electron chi connectivity index (χ3n) is 3.02. The summed E-state index contributed by atoms with van der Waals surface area (Å²) in [5, 5.41) is 0. The first kappa shape index (κ1) is 12.4. The fraction of sp³-hybridized carbons (Fsp3) is 0.769. The normalized spacial score (nSPS) is 26.5. The molecule has 1 unspecified atom stereocenters. The van der Waals surface area contributed by atoms with Crippen LogP contribution in [0.3, 0.4) is 0 Å². The Morgan fingerprint density at radius 1 is 1.60 bits per heavy atom. The van der Waals surface area contributed by atoms with Crippen molar-refractivity contribution in [3.05, 3.63) is 11.6 Å². The van der Waals surface area contributed by atoms with Crippen LogP contribution in [0.4, 0.5) is 0 Å². The molecule has 0 aromatic rings. The first-order chi connectivity index (χ1) is 7.19. The molecule has 0 fully saturated rings. The average Bonchev–Trinajstić information content (AvgIpc) is 2.21. The van der Waals surface area contributed by atoms with Crippen LogP contribution in [-0.4, -0.2) is 25.5 Å². The van der Waals surface area contributed by atoms with Gasteiger partial charge in [-0.05, 0) is 38.7 Å². The predicted molar refractivity (Wildman–Crippen MR) is 65.5 cm³/mol. The summed E-state index contributed by atoms with van der Waals surface area (Å²) in [5.41, 5.74) is 2.68. The second-order valence-corrected chi connectivity index (χ2v) is 4.39. The Kier molecular flexibility index (Phi) is 5.03. The van der Waals surface area contributed by atoms with Crippen LogP contribution < -0.4 is 0 Å². The molecule has 1 aliphatic carbocycles. The lowest BCUT2D eigenvalue weighted by Gasteiger charge is -2.23. The van der Waals surface area contributed by atoms with Gasteiger partial charge in [-0.3, -0.25) is 4.99 Å². The van der Waals surface area contributed by atoms with E-state index in [2.05, 4.69) is 26.8 Å². The van der Waals surface area contributed by atoms with Crippen molar-refractivity contribution in [2.75, 3.05) is 13.7 Å². The van der Waals surface area contributed by atoms with E-state index in [0.29, 0.717) is 12.5 Å². The summed E-state index contributed by atoms with van der Waals surface area (Å²) in [6.45, 7) is 7.26. The molecule has 1 aliphatic rings. The van der Waals surface area contributed by atoms with Gasteiger partial charge >= 0.3 is 0 Å². The number of nitrogens with zero attached hydrogens (tertiary/aromatic N) is 1. The molecule has 0 saturated heterocycles. The zero-order valence-corrected chi connectivity index (χ0v) is 10.4. The van der Waals surface area contributed by atoms with E-state index in [-0.39, 0.29) is 6.04 Å². The van der Waals surface area contributed by atoms with Crippen molar-refractivity contribution in [2.45, 2.75) is 46.1 Å². The van der Waals surface area contributed by atoms with Gasteiger partial charge in [0.15, 0.2) is 0 Å². The van der Waals surface area contributed by atoms with Crippen LogP contribution >= 0.6 is 0 Å². The topological polar surface area (TPSA) is 21.6 Å². The van der Waals surface area contributed by atoms with E-state index in [1.165, 1.54) is 30.5 Å². The van der Waals surface area contributed by atoms with Gasteiger partial charge in [0, 0.05) is 18.7 Å². The van der Waals surface area contributed by atoms with Gasteiger partial charge in [0.25, 0.3) is 0 Å². The summed E-state index contributed by atoms with van der Waals surface area (Å²) in [6.07, 6.45) is 5.97. The second kappa shape index (κ2) is 6.06. The van der Waals surface area contributed by atoms with Gasteiger partial charge in [0.2, 0.25) is 0 Å². The number of hydrogen-bond acceptors (Lipinski definition) is 2. The molecule has 2 heteroatoms. The highest BCUT2D eigenvalue weighted by Gasteiger charge is 2.19. The van der Waals surface area contributed by atoms with E-state index in [1.807, 2.05) is 0 Å². The molecule has 0 saturated carbocycles. The highest BCUT2D eigenvalue weighted by Crippen LogP contribution is 2.24. The molecule has 0 aliphatic heterocycles. The molecule has 0 aromatic carbocycles. The number of methoxy groups -OCH3 is 1. The maximum absolute atomic E-state index is 5.12. The monoisotopic (exact) mass is 209 g/mol. The van der Waals surface area contributed by atoms with Gasteiger partial charge in [-0.2, -0.15) is 0 Å². The highest BCUT2D eigenvalue weighted by molar-refractivity contribution is 6.02. The van der Waals surface area contributed by atoms with E-state index in [0.717, 1.165) is 0 Å². The van der Waals surface area contributed by atoms with Gasteiger partial charge in [0.1, 0.15) is 0 Å². The molecule has 0 radical (unpaired) electrons. The van der Waals surface area contributed by atoms with Gasteiger partial charge < -0.3 is 4.74 Å². The molecule has 86 valence electrons. The molecule has 15 heavy (non-hydrogen) atoms. The standard InChI is InChI=1S/C13H23NO/c1-5-12-8-6-7-10(2)13(12)14-11(3)9-15-4/h7,11-12H,5-6,8-9H2,1-4H3/t11-,12?/m0/s1. The van der Waals surface area contributed by atoms with Gasteiger partial charge in [-0.25, -0.2) is 0 Å². The fourth-order valence-electron chi connectivity index (χ4n) is 2.18. The zero-order chi connectivity index (χ0) is 11.3. The summed E-state index contributed by atoms with van der Waals surface area (Å²) >= 11 is 0. The summed E-state index contributed by atoms with van der Waals surface area (Å²) in [5.74, 6) is 0.661. The Morgan fingerprint density at radius 3 is 2.93 bits per heavy atom. The molecule has 2 nitrogen and oxygen atoms in total. The fourth-order valence-corrected chi connectivity index (χ4v) is 2.18. The van der Waals surface area contributed by atoms with Gasteiger partial charge in [-0.15, -0.1) is 0 Å². The largest absolute Gasteiger partial charge is 0.382 e. The minimum atomic E-state index is 0.278. The predicted octanol–water partition coefficient (Wildman–Crippen LogP) is 3.23. The third kappa shape index (κ3) is 3.45. The Labute approximate surface area is 93.4 Å². The van der Waals surface area contributed by atoms with Crippen molar-refractivity contribution in [1.82, 2.24) is 0 Å². The number of rotatable bonds is 4. The maximum atomic E-state index is 5.12. The van der Waals surface area contributed by atoms with Crippen LogP contribution in [-0.2, 0) is 4.74 Å². The summed E-state index contributed by atoms with van der Waals surface area (Å²) in [4.78, 5) is 4.78. The quantitative estimate of drug-likeness (QED) is 0.696. The minimum absolute atomic E-state index is 0.278. The Balaban J connectivity index is 2.77. The van der Waals surface area contributed by atoms with E-state index >= 15 is 0 Å². The van der Waals surface area contributed by atoms with Crippen LogP contribution in [0.1, 0.15) is 40.0 Å². The summed E-state index contributed by atoms with van der Waals surface area (Å²) in [7, 11) is 1.73. The van der Waals surface area contributed by atoms with Crippen molar-refractivity contribution in [3.8, 4) is 0 Å². The van der Waals surface area contributed by atoms with Crippen LogP contribution in [0.25, 0.3) is 0 Å². The molecule has 0 spiro atoms. The summed E-state index contributed by atoms with van der Waals surface area (Å²) in [6, 6.07) is 0.278. The molecule has 0 aromatic heterocycles. The number of ether oxygens (including phenoxy) is 1. The number of hydrogen-bond donors (Lipinski definition) is 0. The third-order valence-corrected chi connectivity index (χ3v) is 3.02. The van der Waals surface area contributed by atoms with Crippen LogP contribution in [0, 0.1) is 5.92 Å². The van der Waals surface area contributed by atoms with Crippen LogP contribution in [0.5, 0.6) is 0 Å². The first-order valence-electron chi connectivity index (χ1n) is 5.92. The van der Waals surface area contributed by atoms with E-state index < -0.39 is 0 Å². The highest BCUT2D eigenvalue weighted by atomic mass is 16.5. The first-order valence-corrected chi connectivity index (χ1v) is 5.92. The maximum Gasteiger partial charge on any atom is 0.0708 e. The molecule has 1 rings (SSSR count). The SMILES string of the molecule is CCC1CCC=C(C)C1=N[C@@H](C)COC. The Morgan fingerprint density at radius 2 is 2.33 bits per heavy atom. The average molecular weight is 209 g/mol. The lowest BCUT2D eigenvalue weighted by molar-refractivity contribution is 0.185. The van der Waals surface area contributed by atoms with Crippen molar-refractivity contribution in [1.29, 1.82) is 0 Å². The second-order valence-electron chi connectivity index (χ2n) is 4.39. The van der Waals surface area contributed by atoms with E-state index in [9.17, 15) is 0 Å². The van der Waals surface area contributed by atoms with Gasteiger partial charge in [0.05, 0.1) is 12.6 Å². The zero-order valence-electron chi connectivity index (χ0n) is 10.4. The number of aliphatic imine (C=N–C) groups is 1. The smallest absolute Gasteiger partial charge is 0.0708 e. The molecular formula is C13H23NO. The van der Waals surface area contributed by atoms with Crippen molar-refractivity contribution in [3.63, 3.8) is 0 Å². The van der Waals surface area contributed by atoms with Gasteiger partial charge in [-0.1, -0.05) is 13.0 Å². The van der Waals surface area contributed by atoms with Crippen LogP contribution in [0.2, 0.25) is 0 Å². The Bertz CT molecular complexity index is 255. The van der Waals surface area contributed by atoms with Crippen molar-refractivity contribution in [2.24, 2.45) is 10.9 Å². The molecule has 0 heterocycles. The Hall–Kier alpha value is -0.630. The van der Waals surface area contributed by atoms with E-state index in [4.69, 9.17) is 9.73 Å². The number of allylic oxidation sites excluding steroid dienone is 2.